The lowest BCUT2D eigenvalue weighted by Gasteiger charge is -2.27. The number of hydrogen-bond acceptors (Lipinski definition) is 3. The third kappa shape index (κ3) is 2.74. The zero-order valence-corrected chi connectivity index (χ0v) is 13.3. The molecule has 2 fully saturated rings. The van der Waals surface area contributed by atoms with Crippen LogP contribution in [-0.2, 0) is 10.3 Å². The number of fused-ring (bicyclic) bond motifs is 2. The van der Waals surface area contributed by atoms with Crippen molar-refractivity contribution in [3.8, 4) is 0 Å². The lowest BCUT2D eigenvalue weighted by atomic mass is 9.93. The minimum absolute atomic E-state index is 0.146. The van der Waals surface area contributed by atoms with E-state index in [0.29, 0.717) is 16.6 Å². The van der Waals surface area contributed by atoms with Crippen LogP contribution in [0.15, 0.2) is 48.5 Å². The molecule has 23 heavy (non-hydrogen) atoms. The van der Waals surface area contributed by atoms with Crippen LogP contribution in [0.3, 0.4) is 0 Å². The minimum Gasteiger partial charge on any atom is -0.367 e. The Hall–Kier alpha value is -1.88. The zero-order valence-electron chi connectivity index (χ0n) is 12.5. The van der Waals surface area contributed by atoms with Crippen molar-refractivity contribution in [3.05, 3.63) is 64.7 Å². The smallest absolute Gasteiger partial charge is 0.255 e. The van der Waals surface area contributed by atoms with Gasteiger partial charge in [-0.25, -0.2) is 0 Å². The van der Waals surface area contributed by atoms with Gasteiger partial charge in [-0.1, -0.05) is 23.7 Å². The Bertz CT molecular complexity index is 720. The maximum absolute atomic E-state index is 12.2. The number of carbonyl (C=O) groups excluding carboxylic acids is 1. The van der Waals surface area contributed by atoms with E-state index in [1.165, 1.54) is 0 Å². The molecule has 2 aromatic carbocycles. The Morgan fingerprint density at radius 3 is 2.48 bits per heavy atom. The Balaban J connectivity index is 1.48. The molecule has 4 rings (SSSR count). The first-order valence-corrected chi connectivity index (χ1v) is 8.07. The third-order valence-corrected chi connectivity index (χ3v) is 4.84. The van der Waals surface area contributed by atoms with Gasteiger partial charge in [-0.2, -0.15) is 0 Å². The molecule has 0 unspecified atom stereocenters. The SMILES string of the molecule is O=C(Nc1ccc([C@@]23CN[C@@H](CO2)C3)cc1)c1ccc(Cl)cc1. The van der Waals surface area contributed by atoms with Crippen molar-refractivity contribution in [3.63, 3.8) is 0 Å². The van der Waals surface area contributed by atoms with Gasteiger partial charge in [-0.05, 0) is 48.4 Å². The lowest BCUT2D eigenvalue weighted by molar-refractivity contribution is -0.00957. The molecule has 0 aromatic heterocycles. The highest BCUT2D eigenvalue weighted by molar-refractivity contribution is 6.30. The number of nitrogens with one attached hydrogen (secondary N) is 2. The monoisotopic (exact) mass is 328 g/mol. The van der Waals surface area contributed by atoms with E-state index in [4.69, 9.17) is 16.3 Å². The van der Waals surface area contributed by atoms with Crippen LogP contribution in [0.2, 0.25) is 5.02 Å². The quantitative estimate of drug-likeness (QED) is 0.910. The van der Waals surface area contributed by atoms with E-state index in [9.17, 15) is 4.79 Å². The molecule has 118 valence electrons. The van der Waals surface area contributed by atoms with Crippen molar-refractivity contribution in [2.45, 2.75) is 18.1 Å². The van der Waals surface area contributed by atoms with Crippen LogP contribution in [0.4, 0.5) is 5.69 Å². The normalized spacial score (nSPS) is 25.5. The van der Waals surface area contributed by atoms with Gasteiger partial charge in [0, 0.05) is 28.9 Å². The summed E-state index contributed by atoms with van der Waals surface area (Å²) in [4.78, 5) is 12.2. The predicted octanol–water partition coefficient (Wildman–Crippen LogP) is 3.18. The molecule has 2 atom stereocenters. The summed E-state index contributed by atoms with van der Waals surface area (Å²) in [5.74, 6) is -0.146. The second-order valence-electron chi connectivity index (χ2n) is 6.13. The number of amides is 1. The highest BCUT2D eigenvalue weighted by atomic mass is 35.5. The van der Waals surface area contributed by atoms with Gasteiger partial charge in [-0.15, -0.1) is 0 Å². The number of morpholine rings is 1. The Kier molecular flexibility index (Phi) is 3.60. The van der Waals surface area contributed by atoms with Gasteiger partial charge in [0.15, 0.2) is 0 Å². The lowest BCUT2D eigenvalue weighted by Crippen LogP contribution is -2.37. The van der Waals surface area contributed by atoms with Gasteiger partial charge < -0.3 is 15.4 Å². The number of anilines is 1. The molecule has 4 nitrogen and oxygen atoms in total. The molecular weight excluding hydrogens is 312 g/mol. The molecule has 0 aliphatic carbocycles. The van der Waals surface area contributed by atoms with Gasteiger partial charge in [0.2, 0.25) is 0 Å². The van der Waals surface area contributed by atoms with Gasteiger partial charge in [0.1, 0.15) is 5.60 Å². The van der Waals surface area contributed by atoms with E-state index in [-0.39, 0.29) is 11.5 Å². The molecule has 2 N–H and O–H groups in total. The molecule has 0 spiro atoms. The summed E-state index contributed by atoms with van der Waals surface area (Å²) >= 11 is 5.84. The molecule has 5 heteroatoms. The first-order valence-electron chi connectivity index (χ1n) is 7.69. The van der Waals surface area contributed by atoms with Crippen LogP contribution in [0.1, 0.15) is 22.3 Å². The zero-order chi connectivity index (χ0) is 15.9. The largest absolute Gasteiger partial charge is 0.367 e. The molecule has 1 amide bonds. The summed E-state index contributed by atoms with van der Waals surface area (Å²) in [6.07, 6.45) is 1.02. The number of rotatable bonds is 3. The second-order valence-corrected chi connectivity index (χ2v) is 6.56. The predicted molar refractivity (Wildman–Crippen MR) is 89.9 cm³/mol. The van der Waals surface area contributed by atoms with E-state index in [1.54, 1.807) is 24.3 Å². The number of carbonyl (C=O) groups is 1. The summed E-state index contributed by atoms with van der Waals surface area (Å²) in [6.45, 7) is 1.63. The van der Waals surface area contributed by atoms with Gasteiger partial charge in [0.05, 0.1) is 6.61 Å². The molecular formula is C18H17ClN2O2. The topological polar surface area (TPSA) is 50.4 Å². The average Bonchev–Trinajstić information content (AvgIpc) is 3.18. The molecule has 0 saturated carbocycles. The molecule has 2 aromatic rings. The number of ether oxygens (including phenoxy) is 1. The summed E-state index contributed by atoms with van der Waals surface area (Å²) in [5.41, 5.74) is 2.32. The Morgan fingerprint density at radius 2 is 1.91 bits per heavy atom. The first-order chi connectivity index (χ1) is 11.1. The van der Waals surface area contributed by atoms with Crippen molar-refractivity contribution in [2.75, 3.05) is 18.5 Å². The maximum atomic E-state index is 12.2. The fourth-order valence-corrected chi connectivity index (χ4v) is 3.43. The van der Waals surface area contributed by atoms with Crippen molar-refractivity contribution < 1.29 is 9.53 Å². The van der Waals surface area contributed by atoms with Gasteiger partial charge >= 0.3 is 0 Å². The van der Waals surface area contributed by atoms with Crippen LogP contribution in [0.5, 0.6) is 0 Å². The second kappa shape index (κ2) is 5.64. The van der Waals surface area contributed by atoms with Gasteiger partial charge in [-0.3, -0.25) is 4.79 Å². The number of benzene rings is 2. The molecule has 0 radical (unpaired) electrons. The third-order valence-electron chi connectivity index (χ3n) is 4.59. The molecule has 2 aliphatic rings. The maximum Gasteiger partial charge on any atom is 0.255 e. The van der Waals surface area contributed by atoms with Gasteiger partial charge in [0.25, 0.3) is 5.91 Å². The molecule has 2 aliphatic heterocycles. The van der Waals surface area contributed by atoms with E-state index in [0.717, 1.165) is 30.8 Å². The standard InChI is InChI=1S/C18H17ClN2O2/c19-14-5-1-12(2-6-14)17(22)21-15-7-3-13(4-8-15)18-9-16(10-23-18)20-11-18/h1-8,16,20H,9-11H2,(H,21,22)/t16-,18-/m1/s1. The Labute approximate surface area is 139 Å². The molecule has 2 heterocycles. The van der Waals surface area contributed by atoms with E-state index in [1.807, 2.05) is 24.3 Å². The van der Waals surface area contributed by atoms with Crippen molar-refractivity contribution in [1.82, 2.24) is 5.32 Å². The summed E-state index contributed by atoms with van der Waals surface area (Å²) < 4.78 is 5.96. The van der Waals surface area contributed by atoms with E-state index in [2.05, 4.69) is 10.6 Å². The van der Waals surface area contributed by atoms with Crippen LogP contribution in [0, 0.1) is 0 Å². The minimum atomic E-state index is -0.191. The van der Waals surface area contributed by atoms with E-state index < -0.39 is 0 Å². The van der Waals surface area contributed by atoms with Crippen molar-refractivity contribution >= 4 is 23.2 Å². The number of halogens is 1. The van der Waals surface area contributed by atoms with Crippen LogP contribution in [0.25, 0.3) is 0 Å². The average molecular weight is 329 g/mol. The van der Waals surface area contributed by atoms with E-state index >= 15 is 0 Å². The highest BCUT2D eigenvalue weighted by Gasteiger charge is 2.47. The fourth-order valence-electron chi connectivity index (χ4n) is 3.30. The molecule has 2 saturated heterocycles. The van der Waals surface area contributed by atoms with Crippen LogP contribution in [-0.4, -0.2) is 25.1 Å². The Morgan fingerprint density at radius 1 is 1.17 bits per heavy atom. The van der Waals surface area contributed by atoms with Crippen LogP contribution < -0.4 is 10.6 Å². The summed E-state index contributed by atoms with van der Waals surface area (Å²) in [5, 5.41) is 6.98. The number of hydrogen-bond donors (Lipinski definition) is 2. The summed E-state index contributed by atoms with van der Waals surface area (Å²) in [6, 6.07) is 15.2. The highest BCUT2D eigenvalue weighted by Crippen LogP contribution is 2.40. The molecule has 2 bridgehead atoms. The first kappa shape index (κ1) is 14.7. The van der Waals surface area contributed by atoms with Crippen LogP contribution >= 0.6 is 11.6 Å². The fraction of sp³-hybridized carbons (Fsp3) is 0.278. The van der Waals surface area contributed by atoms with Crippen molar-refractivity contribution in [1.29, 1.82) is 0 Å². The van der Waals surface area contributed by atoms with Crippen molar-refractivity contribution in [2.24, 2.45) is 0 Å². The summed E-state index contributed by atoms with van der Waals surface area (Å²) in [7, 11) is 0.